The van der Waals surface area contributed by atoms with Gasteiger partial charge in [0, 0.05) is 20.1 Å². The van der Waals surface area contributed by atoms with Crippen LogP contribution in [0, 0.1) is 0 Å². The maximum atomic E-state index is 6.07. The topological polar surface area (TPSA) is 25.8 Å². The first-order valence-corrected chi connectivity index (χ1v) is 7.58. The van der Waals surface area contributed by atoms with E-state index >= 15 is 0 Å². The Kier molecular flexibility index (Phi) is 3.73. The number of hydrogen-bond acceptors (Lipinski definition) is 3. The molecule has 19 heavy (non-hydrogen) atoms. The zero-order valence-electron chi connectivity index (χ0n) is 9.68. The van der Waals surface area contributed by atoms with E-state index in [2.05, 4.69) is 26.1 Å². The summed E-state index contributed by atoms with van der Waals surface area (Å²) in [6.45, 7) is 0. The summed E-state index contributed by atoms with van der Waals surface area (Å²) in [6, 6.07) is 15.9. The fourth-order valence-corrected chi connectivity index (χ4v) is 3.37. The minimum absolute atomic E-state index is 0.437. The Morgan fingerprint density at radius 3 is 2.37 bits per heavy atom. The van der Waals surface area contributed by atoms with E-state index in [1.54, 1.807) is 11.8 Å². The predicted molar refractivity (Wildman–Crippen MR) is 82.8 cm³/mol. The van der Waals surface area contributed by atoms with Crippen molar-refractivity contribution in [3.8, 4) is 0 Å². The van der Waals surface area contributed by atoms with Crippen LogP contribution in [-0.4, -0.2) is 10.2 Å². The van der Waals surface area contributed by atoms with Gasteiger partial charge in [0.05, 0.1) is 0 Å². The van der Waals surface area contributed by atoms with Gasteiger partial charge in [-0.2, -0.15) is 0 Å². The Balaban J connectivity index is 2.12. The molecule has 0 unspecified atom stereocenters. The minimum Gasteiger partial charge on any atom is -0.142 e. The molecular weight excluding hydrogens is 344 g/mol. The van der Waals surface area contributed by atoms with Crippen LogP contribution in [0.4, 0.5) is 0 Å². The molecule has 0 N–H and O–H groups in total. The third-order valence-electron chi connectivity index (χ3n) is 2.65. The molecule has 5 heteroatoms. The van der Waals surface area contributed by atoms with Crippen LogP contribution in [-0.2, 0) is 0 Å². The summed E-state index contributed by atoms with van der Waals surface area (Å²) in [5.41, 5.74) is 0. The average molecular weight is 352 g/mol. The van der Waals surface area contributed by atoms with Gasteiger partial charge in [-0.3, -0.25) is 0 Å². The van der Waals surface area contributed by atoms with E-state index in [0.717, 1.165) is 25.2 Å². The lowest BCUT2D eigenvalue weighted by Gasteiger charge is -2.06. The lowest BCUT2D eigenvalue weighted by Crippen LogP contribution is -1.89. The lowest BCUT2D eigenvalue weighted by atomic mass is 10.2. The molecule has 3 aromatic rings. The lowest BCUT2D eigenvalue weighted by molar-refractivity contribution is 0.956. The summed E-state index contributed by atoms with van der Waals surface area (Å²) in [5, 5.41) is 11.4. The second-order valence-electron chi connectivity index (χ2n) is 3.87. The molecule has 0 aliphatic rings. The van der Waals surface area contributed by atoms with Gasteiger partial charge < -0.3 is 0 Å². The summed E-state index contributed by atoms with van der Waals surface area (Å²) in [4.78, 5) is 1.10. The number of rotatable bonds is 2. The van der Waals surface area contributed by atoms with E-state index in [9.17, 15) is 0 Å². The van der Waals surface area contributed by atoms with Crippen molar-refractivity contribution in [1.29, 1.82) is 0 Å². The third kappa shape index (κ3) is 2.61. The quantitative estimate of drug-likeness (QED) is 0.635. The largest absolute Gasteiger partial charge is 0.159 e. The van der Waals surface area contributed by atoms with E-state index < -0.39 is 0 Å². The first-order valence-electron chi connectivity index (χ1n) is 5.59. The Morgan fingerprint density at radius 1 is 0.895 bits per heavy atom. The second kappa shape index (κ2) is 5.49. The molecule has 0 aliphatic carbocycles. The zero-order chi connectivity index (χ0) is 13.2. The Morgan fingerprint density at radius 2 is 1.58 bits per heavy atom. The average Bonchev–Trinajstić information content (AvgIpc) is 2.44. The van der Waals surface area contributed by atoms with Gasteiger partial charge in [-0.25, -0.2) is 0 Å². The number of aromatic nitrogens is 2. The van der Waals surface area contributed by atoms with Gasteiger partial charge in [0.15, 0.2) is 5.15 Å². The second-order valence-corrected chi connectivity index (χ2v) is 6.12. The van der Waals surface area contributed by atoms with Crippen molar-refractivity contribution in [2.24, 2.45) is 0 Å². The normalized spacial score (nSPS) is 10.8. The minimum atomic E-state index is 0.437. The van der Waals surface area contributed by atoms with Crippen molar-refractivity contribution >= 4 is 50.1 Å². The van der Waals surface area contributed by atoms with Gasteiger partial charge in [-0.05, 0) is 28.1 Å². The van der Waals surface area contributed by atoms with E-state index in [0.29, 0.717) is 5.15 Å². The van der Waals surface area contributed by atoms with Crippen LogP contribution < -0.4 is 0 Å². The molecule has 3 rings (SSSR count). The molecule has 0 bridgehead atoms. The van der Waals surface area contributed by atoms with E-state index in [-0.39, 0.29) is 0 Å². The molecule has 0 radical (unpaired) electrons. The smallest absolute Gasteiger partial charge is 0.142 e. The first kappa shape index (κ1) is 12.9. The Labute approximate surface area is 128 Å². The van der Waals surface area contributed by atoms with Crippen LogP contribution in [0.1, 0.15) is 0 Å². The van der Waals surface area contributed by atoms with Crippen molar-refractivity contribution in [3.63, 3.8) is 0 Å². The van der Waals surface area contributed by atoms with Crippen molar-refractivity contribution in [2.45, 2.75) is 9.92 Å². The summed E-state index contributed by atoms with van der Waals surface area (Å²) in [7, 11) is 0. The van der Waals surface area contributed by atoms with Crippen LogP contribution in [0.3, 0.4) is 0 Å². The molecule has 0 atom stereocenters. The molecule has 0 saturated carbocycles. The van der Waals surface area contributed by atoms with Crippen molar-refractivity contribution in [2.75, 3.05) is 0 Å². The molecule has 0 saturated heterocycles. The first-order chi connectivity index (χ1) is 9.25. The van der Waals surface area contributed by atoms with Gasteiger partial charge in [0.2, 0.25) is 0 Å². The van der Waals surface area contributed by atoms with Crippen LogP contribution >= 0.6 is 39.3 Å². The monoisotopic (exact) mass is 350 g/mol. The molecule has 1 aromatic heterocycles. The number of hydrogen-bond donors (Lipinski definition) is 0. The summed E-state index contributed by atoms with van der Waals surface area (Å²) < 4.78 is 1.04. The van der Waals surface area contributed by atoms with Gasteiger partial charge in [0.1, 0.15) is 5.03 Å². The fraction of sp³-hybridized carbons (Fsp3) is 0. The fourth-order valence-electron chi connectivity index (χ4n) is 1.75. The molecular formula is C14H8BrClN2S. The summed E-state index contributed by atoms with van der Waals surface area (Å²) in [6.07, 6.45) is 0. The van der Waals surface area contributed by atoms with Crippen molar-refractivity contribution in [1.82, 2.24) is 10.2 Å². The molecule has 94 valence electrons. The van der Waals surface area contributed by atoms with Crippen LogP contribution in [0.2, 0.25) is 5.15 Å². The van der Waals surface area contributed by atoms with E-state index in [1.807, 2.05) is 48.5 Å². The Hall–Kier alpha value is -1.10. The van der Waals surface area contributed by atoms with Crippen LogP contribution in [0.25, 0.3) is 10.8 Å². The zero-order valence-corrected chi connectivity index (χ0v) is 12.8. The molecule has 2 aromatic carbocycles. The van der Waals surface area contributed by atoms with Gasteiger partial charge in [0.25, 0.3) is 0 Å². The third-order valence-corrected chi connectivity index (χ3v) is 4.96. The highest BCUT2D eigenvalue weighted by molar-refractivity contribution is 9.10. The number of halogens is 2. The van der Waals surface area contributed by atoms with Crippen molar-refractivity contribution < 1.29 is 0 Å². The van der Waals surface area contributed by atoms with Crippen LogP contribution in [0.5, 0.6) is 0 Å². The summed E-state index contributed by atoms with van der Waals surface area (Å²) >= 11 is 11.2. The molecule has 0 fully saturated rings. The SMILES string of the molecule is Clc1nnc(Sc2ccccc2Br)c2ccccc12. The molecule has 0 aliphatic heterocycles. The highest BCUT2D eigenvalue weighted by Gasteiger charge is 2.10. The predicted octanol–water partition coefficient (Wildman–Crippen LogP) is 5.20. The number of fused-ring (bicyclic) bond motifs is 1. The standard InChI is InChI=1S/C14H8BrClN2S/c15-11-7-3-4-8-12(11)19-14-10-6-2-1-5-9(10)13(16)17-18-14/h1-8H. The molecule has 2 nitrogen and oxygen atoms in total. The molecule has 0 amide bonds. The maximum Gasteiger partial charge on any atom is 0.159 e. The van der Waals surface area contributed by atoms with Crippen LogP contribution in [0.15, 0.2) is 62.9 Å². The summed E-state index contributed by atoms with van der Waals surface area (Å²) in [5.74, 6) is 0. The Bertz CT molecular complexity index is 748. The van der Waals surface area contributed by atoms with Crippen molar-refractivity contribution in [3.05, 3.63) is 58.2 Å². The van der Waals surface area contributed by atoms with Gasteiger partial charge in [-0.1, -0.05) is 59.8 Å². The van der Waals surface area contributed by atoms with Gasteiger partial charge >= 0.3 is 0 Å². The molecule has 0 spiro atoms. The highest BCUT2D eigenvalue weighted by Crippen LogP contribution is 2.36. The maximum absolute atomic E-state index is 6.07. The van der Waals surface area contributed by atoms with E-state index in [1.165, 1.54) is 0 Å². The van der Waals surface area contributed by atoms with Gasteiger partial charge in [-0.15, -0.1) is 10.2 Å². The highest BCUT2D eigenvalue weighted by atomic mass is 79.9. The number of nitrogens with zero attached hydrogens (tertiary/aromatic N) is 2. The van der Waals surface area contributed by atoms with E-state index in [4.69, 9.17) is 11.6 Å². The molecule has 1 heterocycles. The number of benzene rings is 2.